The first-order valence-electron chi connectivity index (χ1n) is 5.72. The lowest BCUT2D eigenvalue weighted by atomic mass is 10.1. The van der Waals surface area contributed by atoms with E-state index in [0.29, 0.717) is 6.42 Å². The van der Waals surface area contributed by atoms with Crippen molar-refractivity contribution in [2.24, 2.45) is 0 Å². The zero-order chi connectivity index (χ0) is 12.6. The molecule has 0 rings (SSSR count). The molecule has 0 aromatic rings. The summed E-state index contributed by atoms with van der Waals surface area (Å²) in [4.78, 5) is 0. The van der Waals surface area contributed by atoms with Crippen molar-refractivity contribution in [3.05, 3.63) is 0 Å². The van der Waals surface area contributed by atoms with E-state index in [1.54, 1.807) is 7.11 Å². The van der Waals surface area contributed by atoms with Crippen LogP contribution in [0.15, 0.2) is 0 Å². The highest BCUT2D eigenvalue weighted by Crippen LogP contribution is 2.07. The third-order valence-corrected chi connectivity index (χ3v) is 2.78. The number of methoxy groups -OCH3 is 1. The highest BCUT2D eigenvalue weighted by Gasteiger charge is 2.17. The van der Waals surface area contributed by atoms with Crippen LogP contribution in [-0.2, 0) is 9.47 Å². The average Bonchev–Trinajstić information content (AvgIpc) is 2.16. The highest BCUT2D eigenvalue weighted by atomic mass is 28.3. The molecule has 3 nitrogen and oxygen atoms in total. The summed E-state index contributed by atoms with van der Waals surface area (Å²) in [5.74, 6) is 3.04. The molecule has 0 radical (unpaired) electrons. The Morgan fingerprint density at radius 2 is 1.94 bits per heavy atom. The van der Waals surface area contributed by atoms with E-state index >= 15 is 0 Å². The third-order valence-electron chi connectivity index (χ3n) is 1.89. The average molecular weight is 244 g/mol. The van der Waals surface area contributed by atoms with Gasteiger partial charge in [0.2, 0.25) is 0 Å². The second-order valence-electron chi connectivity index (χ2n) is 4.87. The Balaban J connectivity index is 4.45. The van der Waals surface area contributed by atoms with Crippen LogP contribution in [0.2, 0.25) is 19.6 Å². The number of hydrogen-bond acceptors (Lipinski definition) is 3. The van der Waals surface area contributed by atoms with Gasteiger partial charge in [-0.25, -0.2) is 0 Å². The fraction of sp³-hybridized carbons (Fsp3) is 0.833. The SMILES string of the molecule is CCC[C@H](O)[C@@H](C#C[Si](C)(C)C)OCOC. The third kappa shape index (κ3) is 7.89. The van der Waals surface area contributed by atoms with Gasteiger partial charge in [0.15, 0.2) is 0 Å². The van der Waals surface area contributed by atoms with Gasteiger partial charge in [-0.1, -0.05) is 38.9 Å². The van der Waals surface area contributed by atoms with E-state index in [1.165, 1.54) is 0 Å². The van der Waals surface area contributed by atoms with Crippen molar-refractivity contribution in [1.82, 2.24) is 0 Å². The Morgan fingerprint density at radius 1 is 1.31 bits per heavy atom. The summed E-state index contributed by atoms with van der Waals surface area (Å²) in [6.45, 7) is 8.70. The molecule has 4 heteroatoms. The molecular formula is C12H24O3Si. The van der Waals surface area contributed by atoms with E-state index in [2.05, 4.69) is 31.1 Å². The number of rotatable bonds is 6. The van der Waals surface area contributed by atoms with E-state index in [-0.39, 0.29) is 6.79 Å². The van der Waals surface area contributed by atoms with Gasteiger partial charge in [-0.05, 0) is 6.42 Å². The van der Waals surface area contributed by atoms with Crippen LogP contribution < -0.4 is 0 Å². The maximum absolute atomic E-state index is 9.86. The van der Waals surface area contributed by atoms with Gasteiger partial charge in [0, 0.05) is 7.11 Å². The molecule has 0 unspecified atom stereocenters. The fourth-order valence-corrected chi connectivity index (χ4v) is 1.70. The Hall–Kier alpha value is -0.343. The molecule has 0 bridgehead atoms. The van der Waals surface area contributed by atoms with Crippen LogP contribution in [0.25, 0.3) is 0 Å². The molecule has 0 saturated carbocycles. The standard InChI is InChI=1S/C12H24O3Si/c1-6-7-11(13)12(15-10-14-2)8-9-16(3,4)5/h11-13H,6-7,10H2,1-5H3/t11-,12+/m0/s1. The molecule has 0 aliphatic rings. The van der Waals surface area contributed by atoms with Crippen LogP contribution in [0.5, 0.6) is 0 Å². The lowest BCUT2D eigenvalue weighted by molar-refractivity contribution is -0.0907. The summed E-state index contributed by atoms with van der Waals surface area (Å²) >= 11 is 0. The van der Waals surface area contributed by atoms with E-state index < -0.39 is 20.3 Å². The van der Waals surface area contributed by atoms with Gasteiger partial charge in [-0.15, -0.1) is 5.54 Å². The Kier molecular flexibility index (Phi) is 7.69. The van der Waals surface area contributed by atoms with Crippen molar-refractivity contribution >= 4 is 8.07 Å². The topological polar surface area (TPSA) is 38.7 Å². The second kappa shape index (κ2) is 7.85. The number of ether oxygens (including phenoxy) is 2. The molecule has 94 valence electrons. The van der Waals surface area contributed by atoms with E-state index in [9.17, 15) is 5.11 Å². The maximum Gasteiger partial charge on any atom is 0.148 e. The first kappa shape index (κ1) is 15.7. The molecule has 16 heavy (non-hydrogen) atoms. The quantitative estimate of drug-likeness (QED) is 0.441. The molecule has 0 fully saturated rings. The molecular weight excluding hydrogens is 220 g/mol. The van der Waals surface area contributed by atoms with Crippen molar-refractivity contribution in [2.45, 2.75) is 51.6 Å². The molecule has 0 heterocycles. The van der Waals surface area contributed by atoms with E-state index in [4.69, 9.17) is 9.47 Å². The summed E-state index contributed by atoms with van der Waals surface area (Å²) in [7, 11) is 0.144. The van der Waals surface area contributed by atoms with Crippen molar-refractivity contribution in [1.29, 1.82) is 0 Å². The summed E-state index contributed by atoms with van der Waals surface area (Å²) in [5.41, 5.74) is 3.22. The summed E-state index contributed by atoms with van der Waals surface area (Å²) in [5, 5.41) is 9.86. The fourth-order valence-electron chi connectivity index (χ4n) is 1.13. The van der Waals surface area contributed by atoms with E-state index in [1.807, 2.05) is 6.92 Å². The van der Waals surface area contributed by atoms with Gasteiger partial charge in [0.05, 0.1) is 6.10 Å². The monoisotopic (exact) mass is 244 g/mol. The first-order valence-corrected chi connectivity index (χ1v) is 9.22. The van der Waals surface area contributed by atoms with Gasteiger partial charge < -0.3 is 14.6 Å². The molecule has 2 atom stereocenters. The van der Waals surface area contributed by atoms with Crippen LogP contribution >= 0.6 is 0 Å². The van der Waals surface area contributed by atoms with Gasteiger partial charge in [-0.2, -0.15) is 0 Å². The summed E-state index contributed by atoms with van der Waals surface area (Å²) < 4.78 is 10.2. The van der Waals surface area contributed by atoms with Crippen molar-refractivity contribution < 1.29 is 14.6 Å². The number of hydrogen-bond donors (Lipinski definition) is 1. The van der Waals surface area contributed by atoms with Gasteiger partial charge in [0.1, 0.15) is 21.0 Å². The minimum absolute atomic E-state index is 0.172. The Bertz CT molecular complexity index is 237. The van der Waals surface area contributed by atoms with Crippen LogP contribution in [0.4, 0.5) is 0 Å². The maximum atomic E-state index is 9.86. The predicted molar refractivity (Wildman–Crippen MR) is 68.8 cm³/mol. The summed E-state index contributed by atoms with van der Waals surface area (Å²) in [6.07, 6.45) is 0.674. The van der Waals surface area contributed by atoms with Crippen LogP contribution in [-0.4, -0.2) is 39.3 Å². The Morgan fingerprint density at radius 3 is 2.38 bits per heavy atom. The first-order chi connectivity index (χ1) is 7.40. The minimum atomic E-state index is -1.42. The minimum Gasteiger partial charge on any atom is -0.389 e. The molecule has 0 aliphatic heterocycles. The summed E-state index contributed by atoms with van der Waals surface area (Å²) in [6, 6.07) is 0. The van der Waals surface area contributed by atoms with Crippen molar-refractivity contribution in [3.63, 3.8) is 0 Å². The normalized spacial score (nSPS) is 15.1. The van der Waals surface area contributed by atoms with E-state index in [0.717, 1.165) is 6.42 Å². The largest absolute Gasteiger partial charge is 0.389 e. The molecule has 0 aromatic carbocycles. The lowest BCUT2D eigenvalue weighted by Crippen LogP contribution is -2.29. The molecule has 0 aromatic heterocycles. The number of aliphatic hydroxyl groups is 1. The molecule has 0 amide bonds. The second-order valence-corrected chi connectivity index (χ2v) is 9.62. The Labute approximate surface area is 100 Å². The molecule has 1 N–H and O–H groups in total. The van der Waals surface area contributed by atoms with Gasteiger partial charge in [-0.3, -0.25) is 0 Å². The van der Waals surface area contributed by atoms with Gasteiger partial charge >= 0.3 is 0 Å². The lowest BCUT2D eigenvalue weighted by Gasteiger charge is -2.18. The molecule has 0 saturated heterocycles. The predicted octanol–water partition coefficient (Wildman–Crippen LogP) is 2.02. The van der Waals surface area contributed by atoms with Crippen LogP contribution in [0.1, 0.15) is 19.8 Å². The smallest absolute Gasteiger partial charge is 0.148 e. The van der Waals surface area contributed by atoms with Crippen molar-refractivity contribution in [2.75, 3.05) is 13.9 Å². The zero-order valence-corrected chi connectivity index (χ0v) is 12.0. The zero-order valence-electron chi connectivity index (χ0n) is 11.0. The van der Waals surface area contributed by atoms with Crippen molar-refractivity contribution in [3.8, 4) is 11.5 Å². The molecule has 0 aliphatic carbocycles. The van der Waals surface area contributed by atoms with Crippen LogP contribution in [0.3, 0.4) is 0 Å². The van der Waals surface area contributed by atoms with Gasteiger partial charge in [0.25, 0.3) is 0 Å². The van der Waals surface area contributed by atoms with Crippen LogP contribution in [0, 0.1) is 11.5 Å². The highest BCUT2D eigenvalue weighted by molar-refractivity contribution is 6.83. The number of aliphatic hydroxyl groups excluding tert-OH is 1. The molecule has 0 spiro atoms.